The van der Waals surface area contributed by atoms with Gasteiger partial charge in [-0.25, -0.2) is 4.79 Å². The van der Waals surface area contributed by atoms with Crippen molar-refractivity contribution in [1.29, 1.82) is 0 Å². The molecule has 0 heterocycles. The van der Waals surface area contributed by atoms with Crippen LogP contribution in [0.2, 0.25) is 0 Å². The van der Waals surface area contributed by atoms with E-state index in [1.807, 2.05) is 0 Å². The zero-order valence-electron chi connectivity index (χ0n) is 13.0. The maximum atomic E-state index is 12.1. The van der Waals surface area contributed by atoms with E-state index in [0.29, 0.717) is 19.6 Å². The van der Waals surface area contributed by atoms with E-state index >= 15 is 0 Å². The summed E-state index contributed by atoms with van der Waals surface area (Å²) >= 11 is 0. The molecule has 0 aromatic rings. The van der Waals surface area contributed by atoms with Gasteiger partial charge in [0, 0.05) is 25.2 Å². The van der Waals surface area contributed by atoms with Gasteiger partial charge in [-0.15, -0.1) is 0 Å². The van der Waals surface area contributed by atoms with E-state index in [4.69, 9.17) is 5.11 Å². The van der Waals surface area contributed by atoms with Crippen molar-refractivity contribution in [2.45, 2.75) is 57.1 Å². The number of carbonyl (C=O) groups excluding carboxylic acids is 1. The zero-order chi connectivity index (χ0) is 14.9. The third-order valence-electron chi connectivity index (χ3n) is 5.44. The summed E-state index contributed by atoms with van der Waals surface area (Å²) in [6, 6.07) is -0.0178. The van der Waals surface area contributed by atoms with Gasteiger partial charge in [-0.1, -0.05) is 0 Å². The van der Waals surface area contributed by atoms with Crippen LogP contribution in [0.1, 0.15) is 45.4 Å². The van der Waals surface area contributed by atoms with Crippen molar-refractivity contribution in [3.8, 4) is 0 Å². The zero-order valence-corrected chi connectivity index (χ0v) is 13.0. The first-order valence-corrected chi connectivity index (χ1v) is 8.49. The smallest absolute Gasteiger partial charge is 0.315 e. The number of hydrogen-bond acceptors (Lipinski definition) is 3. The lowest BCUT2D eigenvalue weighted by Crippen LogP contribution is -2.61. The Morgan fingerprint density at radius 1 is 1.14 bits per heavy atom. The molecule has 4 bridgehead atoms. The molecule has 0 spiro atoms. The highest BCUT2D eigenvalue weighted by atomic mass is 16.3. The Kier molecular flexibility index (Phi) is 4.41. The highest BCUT2D eigenvalue weighted by molar-refractivity contribution is 5.74. The van der Waals surface area contributed by atoms with Crippen LogP contribution in [0.3, 0.4) is 0 Å². The van der Waals surface area contributed by atoms with E-state index in [2.05, 4.69) is 16.0 Å². The van der Waals surface area contributed by atoms with Crippen LogP contribution >= 0.6 is 0 Å². The first-order valence-electron chi connectivity index (χ1n) is 8.49. The first-order chi connectivity index (χ1) is 10.0. The Labute approximate surface area is 127 Å². The molecule has 2 amide bonds. The van der Waals surface area contributed by atoms with E-state index < -0.39 is 0 Å². The van der Waals surface area contributed by atoms with Crippen LogP contribution in [0.15, 0.2) is 0 Å². The molecule has 4 aliphatic rings. The fourth-order valence-electron chi connectivity index (χ4n) is 5.12. The molecule has 5 nitrogen and oxygen atoms in total. The van der Waals surface area contributed by atoms with Gasteiger partial charge in [-0.3, -0.25) is 0 Å². The molecule has 4 aliphatic carbocycles. The van der Waals surface area contributed by atoms with Crippen LogP contribution in [0.5, 0.6) is 0 Å². The number of aliphatic hydroxyl groups excluding tert-OH is 1. The van der Waals surface area contributed by atoms with E-state index in [0.717, 1.165) is 17.8 Å². The summed E-state index contributed by atoms with van der Waals surface area (Å²) in [6.45, 7) is 3.61. The van der Waals surface area contributed by atoms with Crippen molar-refractivity contribution in [1.82, 2.24) is 16.0 Å². The molecule has 0 radical (unpaired) electrons. The van der Waals surface area contributed by atoms with Crippen LogP contribution in [0.25, 0.3) is 0 Å². The molecular formula is C16H29N3O2. The Morgan fingerprint density at radius 2 is 1.71 bits per heavy atom. The van der Waals surface area contributed by atoms with E-state index in [1.54, 1.807) is 6.92 Å². The first kappa shape index (κ1) is 15.1. The van der Waals surface area contributed by atoms with Gasteiger partial charge in [0.2, 0.25) is 0 Å². The lowest BCUT2D eigenvalue weighted by molar-refractivity contribution is -0.0135. The number of amides is 2. The molecule has 4 N–H and O–H groups in total. The quantitative estimate of drug-likeness (QED) is 0.557. The summed E-state index contributed by atoms with van der Waals surface area (Å²) in [4.78, 5) is 12.1. The summed E-state index contributed by atoms with van der Waals surface area (Å²) in [5, 5.41) is 18.5. The second-order valence-electron chi connectivity index (χ2n) is 7.63. The fourth-order valence-corrected chi connectivity index (χ4v) is 5.12. The maximum absolute atomic E-state index is 12.1. The number of carbonyl (C=O) groups is 1. The second-order valence-corrected chi connectivity index (χ2v) is 7.63. The number of hydrogen-bond donors (Lipinski definition) is 4. The maximum Gasteiger partial charge on any atom is 0.315 e. The molecule has 0 aliphatic heterocycles. The van der Waals surface area contributed by atoms with Crippen LogP contribution in [-0.2, 0) is 0 Å². The number of rotatable bonds is 6. The van der Waals surface area contributed by atoms with Gasteiger partial charge in [0.15, 0.2) is 0 Å². The second kappa shape index (κ2) is 6.13. The normalized spacial score (nSPS) is 38.3. The van der Waals surface area contributed by atoms with Crippen molar-refractivity contribution < 1.29 is 9.90 Å². The fraction of sp³-hybridized carbons (Fsp3) is 0.938. The third kappa shape index (κ3) is 3.69. The summed E-state index contributed by atoms with van der Waals surface area (Å²) in [5.41, 5.74) is 0.0892. The number of nitrogens with one attached hydrogen (secondary N) is 3. The van der Waals surface area contributed by atoms with Gasteiger partial charge in [-0.2, -0.15) is 0 Å². The summed E-state index contributed by atoms with van der Waals surface area (Å²) in [7, 11) is 0. The number of urea groups is 1. The lowest BCUT2D eigenvalue weighted by Gasteiger charge is -2.56. The predicted octanol–water partition coefficient (Wildman–Crippen LogP) is 1.22. The van der Waals surface area contributed by atoms with Crippen LogP contribution in [-0.4, -0.2) is 42.4 Å². The van der Waals surface area contributed by atoms with Crippen molar-refractivity contribution in [2.75, 3.05) is 19.6 Å². The number of aliphatic hydroxyl groups is 1. The molecule has 120 valence electrons. The summed E-state index contributed by atoms with van der Waals surface area (Å²) in [6.07, 6.45) is 7.40. The van der Waals surface area contributed by atoms with Gasteiger partial charge in [-0.05, 0) is 63.2 Å². The van der Waals surface area contributed by atoms with E-state index in [1.165, 1.54) is 38.5 Å². The molecule has 1 atom stereocenters. The SMILES string of the molecule is CC(O)CNCCNC(=O)NC12CC3CC(CC(C3)C1)C2. The van der Waals surface area contributed by atoms with Gasteiger partial charge >= 0.3 is 6.03 Å². The van der Waals surface area contributed by atoms with Gasteiger partial charge in [0.1, 0.15) is 0 Å². The van der Waals surface area contributed by atoms with Crippen molar-refractivity contribution in [2.24, 2.45) is 17.8 Å². The molecule has 0 aromatic heterocycles. The van der Waals surface area contributed by atoms with Crippen molar-refractivity contribution in [3.05, 3.63) is 0 Å². The van der Waals surface area contributed by atoms with Gasteiger partial charge in [0.05, 0.1) is 6.10 Å². The molecule has 1 unspecified atom stereocenters. The average molecular weight is 295 g/mol. The van der Waals surface area contributed by atoms with E-state index in [9.17, 15) is 4.79 Å². The predicted molar refractivity (Wildman–Crippen MR) is 82.0 cm³/mol. The highest BCUT2D eigenvalue weighted by Gasteiger charge is 2.51. The minimum atomic E-state index is -0.342. The largest absolute Gasteiger partial charge is 0.392 e. The van der Waals surface area contributed by atoms with Crippen LogP contribution in [0.4, 0.5) is 4.79 Å². The Morgan fingerprint density at radius 3 is 2.24 bits per heavy atom. The molecule has 4 fully saturated rings. The minimum absolute atomic E-state index is 0.0178. The van der Waals surface area contributed by atoms with Crippen LogP contribution in [0, 0.1) is 17.8 Å². The van der Waals surface area contributed by atoms with E-state index in [-0.39, 0.29) is 17.7 Å². The van der Waals surface area contributed by atoms with Crippen molar-refractivity contribution >= 4 is 6.03 Å². The van der Waals surface area contributed by atoms with Crippen LogP contribution < -0.4 is 16.0 Å². The Bertz CT molecular complexity index is 348. The van der Waals surface area contributed by atoms with Crippen molar-refractivity contribution in [3.63, 3.8) is 0 Å². The molecular weight excluding hydrogens is 266 g/mol. The lowest BCUT2D eigenvalue weighted by atomic mass is 9.53. The van der Waals surface area contributed by atoms with Gasteiger partial charge < -0.3 is 21.1 Å². The topological polar surface area (TPSA) is 73.4 Å². The molecule has 21 heavy (non-hydrogen) atoms. The summed E-state index contributed by atoms with van der Waals surface area (Å²) in [5.74, 6) is 2.55. The molecule has 4 saturated carbocycles. The Hall–Kier alpha value is -0.810. The Balaban J connectivity index is 1.41. The minimum Gasteiger partial charge on any atom is -0.392 e. The average Bonchev–Trinajstić information content (AvgIpc) is 2.35. The van der Waals surface area contributed by atoms with Gasteiger partial charge in [0.25, 0.3) is 0 Å². The standard InChI is InChI=1S/C16H29N3O2/c1-11(20)10-17-2-3-18-15(21)19-16-7-12-4-13(8-16)6-14(5-12)9-16/h11-14,17,20H,2-10H2,1H3,(H2,18,19,21). The summed E-state index contributed by atoms with van der Waals surface area (Å²) < 4.78 is 0. The molecule has 0 aromatic carbocycles. The third-order valence-corrected chi connectivity index (χ3v) is 5.44. The molecule has 5 heteroatoms. The molecule has 0 saturated heterocycles. The highest BCUT2D eigenvalue weighted by Crippen LogP contribution is 2.55. The monoisotopic (exact) mass is 295 g/mol. The molecule has 4 rings (SSSR count).